The van der Waals surface area contributed by atoms with E-state index in [1.807, 2.05) is 31.2 Å². The van der Waals surface area contributed by atoms with Crippen LogP contribution in [-0.4, -0.2) is 37.9 Å². The van der Waals surface area contributed by atoms with Gasteiger partial charge in [-0.2, -0.15) is 0 Å². The highest BCUT2D eigenvalue weighted by Crippen LogP contribution is 2.32. The minimum Gasteiger partial charge on any atom is -0.406 e. The lowest BCUT2D eigenvalue weighted by atomic mass is 9.91. The summed E-state index contributed by atoms with van der Waals surface area (Å²) in [6.07, 6.45) is -3.71. The first kappa shape index (κ1) is 25.8. The molecule has 0 saturated heterocycles. The summed E-state index contributed by atoms with van der Waals surface area (Å²) in [7, 11) is 0. The predicted molar refractivity (Wildman–Crippen MR) is 129 cm³/mol. The van der Waals surface area contributed by atoms with Gasteiger partial charge in [-0.1, -0.05) is 30.3 Å². The Bertz CT molecular complexity index is 920. The highest BCUT2D eigenvalue weighted by atomic mass is 127. The van der Waals surface area contributed by atoms with Crippen molar-refractivity contribution in [1.82, 2.24) is 10.6 Å². The van der Waals surface area contributed by atoms with Crippen LogP contribution in [-0.2, 0) is 11.2 Å². The van der Waals surface area contributed by atoms with E-state index in [9.17, 15) is 18.0 Å². The van der Waals surface area contributed by atoms with E-state index in [1.54, 1.807) is 12.1 Å². The molecule has 1 heterocycles. The number of anilines is 1. The number of alkyl halides is 3. The molecular weight excluding hydrogens is 536 g/mol. The van der Waals surface area contributed by atoms with Crippen LogP contribution in [0.1, 0.15) is 30.4 Å². The fourth-order valence-electron chi connectivity index (χ4n) is 3.39. The molecule has 0 aliphatic carbocycles. The molecule has 0 aromatic heterocycles. The number of nitrogens with one attached hydrogen (secondary N) is 3. The van der Waals surface area contributed by atoms with Crippen molar-refractivity contribution in [3.05, 3.63) is 59.7 Å². The molecule has 0 spiro atoms. The fraction of sp³-hybridized carbons (Fsp3) is 0.364. The maximum atomic E-state index is 12.2. The van der Waals surface area contributed by atoms with Gasteiger partial charge in [0.25, 0.3) is 0 Å². The second-order valence-electron chi connectivity index (χ2n) is 7.12. The Morgan fingerprint density at radius 3 is 2.56 bits per heavy atom. The third-order valence-electron chi connectivity index (χ3n) is 4.78. The monoisotopic (exact) mass is 562 g/mol. The molecule has 3 N–H and O–H groups in total. The number of nitrogens with zero attached hydrogens (tertiary/aromatic N) is 1. The van der Waals surface area contributed by atoms with Crippen LogP contribution in [0, 0.1) is 0 Å². The number of fused-ring (bicyclic) bond motifs is 1. The van der Waals surface area contributed by atoms with Crippen molar-refractivity contribution in [3.8, 4) is 5.75 Å². The molecule has 3 rings (SSSR count). The predicted octanol–water partition coefficient (Wildman–Crippen LogP) is 4.43. The molecule has 6 nitrogen and oxygen atoms in total. The first-order valence-corrected chi connectivity index (χ1v) is 10.1. The van der Waals surface area contributed by atoms with Gasteiger partial charge in [0.05, 0.1) is 6.54 Å². The van der Waals surface area contributed by atoms with Gasteiger partial charge in [0, 0.05) is 31.1 Å². The first-order valence-electron chi connectivity index (χ1n) is 10.1. The Hall–Kier alpha value is -2.50. The second-order valence-corrected chi connectivity index (χ2v) is 7.12. The van der Waals surface area contributed by atoms with Crippen LogP contribution < -0.4 is 20.7 Å². The molecule has 174 valence electrons. The largest absolute Gasteiger partial charge is 0.573 e. The smallest absolute Gasteiger partial charge is 0.406 e. The minimum atomic E-state index is -4.69. The third kappa shape index (κ3) is 7.88. The average molecular weight is 562 g/mol. The number of hydrogen-bond acceptors (Lipinski definition) is 3. The Morgan fingerprint density at radius 2 is 1.88 bits per heavy atom. The lowest BCUT2D eigenvalue weighted by Gasteiger charge is -2.24. The maximum Gasteiger partial charge on any atom is 0.573 e. The van der Waals surface area contributed by atoms with Crippen molar-refractivity contribution < 1.29 is 22.7 Å². The van der Waals surface area contributed by atoms with Crippen molar-refractivity contribution in [2.24, 2.45) is 4.99 Å². The summed E-state index contributed by atoms with van der Waals surface area (Å²) in [5, 5.41) is 9.28. The number of rotatable bonds is 7. The van der Waals surface area contributed by atoms with Crippen molar-refractivity contribution in [1.29, 1.82) is 0 Å². The number of benzene rings is 2. The Kier molecular flexibility index (Phi) is 9.60. The summed E-state index contributed by atoms with van der Waals surface area (Å²) in [5.41, 5.74) is 2.77. The molecule has 1 aliphatic heterocycles. The van der Waals surface area contributed by atoms with Crippen LogP contribution in [0.5, 0.6) is 5.75 Å². The van der Waals surface area contributed by atoms with Gasteiger partial charge in [0.15, 0.2) is 5.96 Å². The molecule has 1 unspecified atom stereocenters. The molecule has 1 amide bonds. The summed E-state index contributed by atoms with van der Waals surface area (Å²) in [6.45, 7) is 3.65. The van der Waals surface area contributed by atoms with E-state index in [0.29, 0.717) is 38.4 Å². The molecule has 32 heavy (non-hydrogen) atoms. The molecule has 0 bridgehead atoms. The van der Waals surface area contributed by atoms with Crippen LogP contribution in [0.3, 0.4) is 0 Å². The van der Waals surface area contributed by atoms with E-state index in [0.717, 1.165) is 16.8 Å². The molecule has 1 aliphatic rings. The zero-order chi connectivity index (χ0) is 22.3. The average Bonchev–Trinajstić information content (AvgIpc) is 2.72. The molecule has 0 saturated carbocycles. The molecule has 1 atom stereocenters. The van der Waals surface area contributed by atoms with Crippen LogP contribution in [0.25, 0.3) is 0 Å². The van der Waals surface area contributed by atoms with Crippen molar-refractivity contribution in [2.75, 3.05) is 25.0 Å². The van der Waals surface area contributed by atoms with Crippen LogP contribution in [0.15, 0.2) is 53.5 Å². The van der Waals surface area contributed by atoms with Crippen molar-refractivity contribution >= 4 is 41.5 Å². The van der Waals surface area contributed by atoms with Gasteiger partial charge in [-0.25, -0.2) is 0 Å². The molecule has 2 aromatic carbocycles. The van der Waals surface area contributed by atoms with E-state index in [-0.39, 0.29) is 41.6 Å². The zero-order valence-electron chi connectivity index (χ0n) is 17.5. The lowest BCUT2D eigenvalue weighted by molar-refractivity contribution is -0.274. The van der Waals surface area contributed by atoms with E-state index < -0.39 is 6.36 Å². The molecule has 10 heteroatoms. The number of amides is 1. The van der Waals surface area contributed by atoms with Gasteiger partial charge in [0.1, 0.15) is 5.75 Å². The first-order chi connectivity index (χ1) is 14.8. The van der Waals surface area contributed by atoms with E-state index >= 15 is 0 Å². The summed E-state index contributed by atoms with van der Waals surface area (Å²) in [6, 6.07) is 13.5. The summed E-state index contributed by atoms with van der Waals surface area (Å²) in [5.74, 6) is 0.371. The van der Waals surface area contributed by atoms with Crippen molar-refractivity contribution in [2.45, 2.75) is 32.0 Å². The summed E-state index contributed by atoms with van der Waals surface area (Å²) < 4.78 is 40.6. The van der Waals surface area contributed by atoms with Gasteiger partial charge in [-0.3, -0.25) is 9.79 Å². The van der Waals surface area contributed by atoms with Crippen molar-refractivity contribution in [3.63, 3.8) is 0 Å². The maximum absolute atomic E-state index is 12.2. The van der Waals surface area contributed by atoms with Crippen LogP contribution in [0.2, 0.25) is 0 Å². The topological polar surface area (TPSA) is 74.8 Å². The number of hydrogen-bond donors (Lipinski definition) is 3. The Balaban J connectivity index is 0.00000363. The Labute approximate surface area is 202 Å². The molecule has 0 fully saturated rings. The number of ether oxygens (including phenoxy) is 1. The number of carbonyl (C=O) groups is 1. The number of aliphatic imine (C=N–C) groups is 1. The third-order valence-corrected chi connectivity index (χ3v) is 4.78. The minimum absolute atomic E-state index is 0. The van der Waals surface area contributed by atoms with Gasteiger partial charge >= 0.3 is 6.36 Å². The number of halogens is 4. The van der Waals surface area contributed by atoms with Gasteiger partial charge in [0.2, 0.25) is 5.91 Å². The number of guanidine groups is 1. The number of para-hydroxylation sites is 1. The standard InChI is InChI=1S/C22H25F3N4O2.HI/c1-2-26-21(27-12-11-15-7-9-17(10-8-15)31-22(23,24)25)28-14-16-13-20(30)29-19-6-4-3-5-18(16)19;/h3-10,16H,2,11-14H2,1H3,(H,29,30)(H2,26,27,28);1H. The van der Waals surface area contributed by atoms with Gasteiger partial charge < -0.3 is 20.7 Å². The normalized spacial score (nSPS) is 15.8. The summed E-state index contributed by atoms with van der Waals surface area (Å²) in [4.78, 5) is 16.6. The number of carbonyl (C=O) groups excluding carboxylic acids is 1. The van der Waals surface area contributed by atoms with E-state index in [2.05, 4.69) is 25.7 Å². The van der Waals surface area contributed by atoms with E-state index in [4.69, 9.17) is 0 Å². The Morgan fingerprint density at radius 1 is 1.16 bits per heavy atom. The highest BCUT2D eigenvalue weighted by molar-refractivity contribution is 14.0. The second kappa shape index (κ2) is 11.9. The fourth-order valence-corrected chi connectivity index (χ4v) is 3.39. The van der Waals surface area contributed by atoms with E-state index in [1.165, 1.54) is 12.1 Å². The summed E-state index contributed by atoms with van der Waals surface area (Å²) >= 11 is 0. The zero-order valence-corrected chi connectivity index (χ0v) is 19.9. The van der Waals surface area contributed by atoms with Crippen LogP contribution >= 0.6 is 24.0 Å². The lowest BCUT2D eigenvalue weighted by Crippen LogP contribution is -2.38. The SMILES string of the molecule is CCNC(=NCC1CC(=O)Nc2ccccc21)NCCc1ccc(OC(F)(F)F)cc1.I. The van der Waals surface area contributed by atoms with Crippen LogP contribution in [0.4, 0.5) is 18.9 Å². The molecular formula is C22H26F3IN4O2. The quantitative estimate of drug-likeness (QED) is 0.266. The van der Waals surface area contributed by atoms with Gasteiger partial charge in [-0.15, -0.1) is 37.1 Å². The highest BCUT2D eigenvalue weighted by Gasteiger charge is 2.31. The van der Waals surface area contributed by atoms with Gasteiger partial charge in [-0.05, 0) is 42.7 Å². The molecule has 2 aromatic rings. The molecule has 0 radical (unpaired) electrons.